The molecule has 1 N–H and O–H groups in total. The number of carbonyl (C=O) groups is 1. The molecule has 4 rings (SSSR count). The highest BCUT2D eigenvalue weighted by Gasteiger charge is 2.49. The molecule has 3 atom stereocenters. The molecule has 0 radical (unpaired) electrons. The van der Waals surface area contributed by atoms with Crippen molar-refractivity contribution >= 4 is 16.6 Å². The molecule has 2 aliphatic rings. The molecule has 104 valence electrons. The lowest BCUT2D eigenvalue weighted by atomic mass is 9.68. The molecule has 3 heteroatoms. The number of hydrogen-bond acceptors (Lipinski definition) is 3. The van der Waals surface area contributed by atoms with Gasteiger partial charge in [-0.15, -0.1) is 0 Å². The smallest absolute Gasteiger partial charge is 0.178 e. The van der Waals surface area contributed by atoms with Crippen molar-refractivity contribution in [3.63, 3.8) is 0 Å². The van der Waals surface area contributed by atoms with Gasteiger partial charge in [-0.25, -0.2) is 0 Å². The highest BCUT2D eigenvalue weighted by atomic mass is 16.3. The van der Waals surface area contributed by atoms with Crippen LogP contribution in [-0.2, 0) is 10.4 Å². The van der Waals surface area contributed by atoms with Gasteiger partial charge in [0.15, 0.2) is 5.60 Å². The van der Waals surface area contributed by atoms with E-state index in [0.717, 1.165) is 28.3 Å². The maximum Gasteiger partial charge on any atom is 0.178 e. The van der Waals surface area contributed by atoms with E-state index in [1.807, 2.05) is 36.4 Å². The summed E-state index contributed by atoms with van der Waals surface area (Å²) in [6.45, 7) is 0. The molecule has 0 bridgehead atoms. The molecule has 0 spiro atoms. The highest BCUT2D eigenvalue weighted by molar-refractivity contribution is 5.91. The lowest BCUT2D eigenvalue weighted by Crippen LogP contribution is -2.36. The summed E-state index contributed by atoms with van der Waals surface area (Å²) in [4.78, 5) is 12.1. The Balaban J connectivity index is 2.07. The first-order valence-corrected chi connectivity index (χ1v) is 7.32. The third-order valence-corrected chi connectivity index (χ3v) is 5.08. The van der Waals surface area contributed by atoms with Crippen molar-refractivity contribution in [3.8, 4) is 6.07 Å². The van der Waals surface area contributed by atoms with E-state index in [-0.39, 0.29) is 24.0 Å². The Morgan fingerprint density at radius 1 is 1.19 bits per heavy atom. The summed E-state index contributed by atoms with van der Waals surface area (Å²) in [5.41, 5.74) is 0.149. The molecule has 3 nitrogen and oxygen atoms in total. The van der Waals surface area contributed by atoms with Gasteiger partial charge < -0.3 is 5.11 Å². The van der Waals surface area contributed by atoms with Gasteiger partial charge in [-0.05, 0) is 28.7 Å². The number of benzene rings is 2. The predicted molar refractivity (Wildman–Crippen MR) is 78.5 cm³/mol. The van der Waals surface area contributed by atoms with Crippen molar-refractivity contribution in [2.45, 2.75) is 30.8 Å². The summed E-state index contributed by atoms with van der Waals surface area (Å²) in [5, 5.41) is 22.4. The maximum atomic E-state index is 12.1. The third-order valence-electron chi connectivity index (χ3n) is 5.08. The van der Waals surface area contributed by atoms with Crippen molar-refractivity contribution < 1.29 is 9.90 Å². The van der Waals surface area contributed by atoms with Crippen LogP contribution >= 0.6 is 0 Å². The lowest BCUT2D eigenvalue weighted by Gasteiger charge is -2.36. The van der Waals surface area contributed by atoms with Gasteiger partial charge in [0, 0.05) is 24.3 Å². The van der Waals surface area contributed by atoms with Gasteiger partial charge in [-0.3, -0.25) is 4.79 Å². The van der Waals surface area contributed by atoms with Gasteiger partial charge in [0.05, 0.1) is 0 Å². The van der Waals surface area contributed by atoms with Crippen molar-refractivity contribution in [2.24, 2.45) is 5.92 Å². The van der Waals surface area contributed by atoms with Crippen LogP contribution in [0.2, 0.25) is 0 Å². The van der Waals surface area contributed by atoms with E-state index in [0.29, 0.717) is 6.42 Å². The first-order chi connectivity index (χ1) is 10.1. The number of hydrogen-bond donors (Lipinski definition) is 1. The van der Waals surface area contributed by atoms with E-state index in [2.05, 4.69) is 6.07 Å². The van der Waals surface area contributed by atoms with Crippen LogP contribution in [0, 0.1) is 17.2 Å². The number of nitriles is 1. The van der Waals surface area contributed by atoms with Crippen LogP contribution < -0.4 is 0 Å². The minimum Gasteiger partial charge on any atom is -0.371 e. The maximum absolute atomic E-state index is 12.1. The summed E-state index contributed by atoms with van der Waals surface area (Å²) in [7, 11) is 0. The van der Waals surface area contributed by atoms with Crippen LogP contribution in [0.5, 0.6) is 0 Å². The summed E-state index contributed by atoms with van der Waals surface area (Å²) in [5.74, 6) is 0.140. The van der Waals surface area contributed by atoms with Crippen molar-refractivity contribution in [1.29, 1.82) is 5.26 Å². The Bertz CT molecular complexity index is 804. The Morgan fingerprint density at radius 2 is 2.00 bits per heavy atom. The molecule has 1 fully saturated rings. The first kappa shape index (κ1) is 12.6. The van der Waals surface area contributed by atoms with Gasteiger partial charge in [-0.2, -0.15) is 5.26 Å². The molecule has 0 aromatic heterocycles. The Morgan fingerprint density at radius 3 is 2.81 bits per heavy atom. The zero-order chi connectivity index (χ0) is 14.6. The van der Waals surface area contributed by atoms with Gasteiger partial charge in [0.25, 0.3) is 0 Å². The molecule has 2 aliphatic carbocycles. The fourth-order valence-corrected chi connectivity index (χ4v) is 4.12. The van der Waals surface area contributed by atoms with E-state index in [4.69, 9.17) is 0 Å². The van der Waals surface area contributed by atoms with Crippen LogP contribution in [0.3, 0.4) is 0 Å². The number of fused-ring (bicyclic) bond motifs is 5. The van der Waals surface area contributed by atoms with Gasteiger partial charge >= 0.3 is 0 Å². The molecular weight excluding hydrogens is 262 g/mol. The molecule has 0 aliphatic heterocycles. The fourth-order valence-electron chi connectivity index (χ4n) is 4.12. The van der Waals surface area contributed by atoms with Crippen molar-refractivity contribution in [2.75, 3.05) is 0 Å². The SMILES string of the molecule is N#CC1(O)CC2C(=O)CCC2c2ccc3ccccc3c21. The van der Waals surface area contributed by atoms with E-state index < -0.39 is 5.60 Å². The quantitative estimate of drug-likeness (QED) is 0.753. The van der Waals surface area contributed by atoms with Crippen molar-refractivity contribution in [3.05, 3.63) is 47.5 Å². The summed E-state index contributed by atoms with van der Waals surface area (Å²) >= 11 is 0. The van der Waals surface area contributed by atoms with E-state index in [1.165, 1.54) is 0 Å². The second-order valence-electron chi connectivity index (χ2n) is 6.15. The molecule has 2 aromatic rings. The summed E-state index contributed by atoms with van der Waals surface area (Å²) in [6.07, 6.45) is 1.62. The summed E-state index contributed by atoms with van der Waals surface area (Å²) < 4.78 is 0. The molecule has 2 aromatic carbocycles. The largest absolute Gasteiger partial charge is 0.371 e. The molecule has 21 heavy (non-hydrogen) atoms. The zero-order valence-corrected chi connectivity index (χ0v) is 11.5. The van der Waals surface area contributed by atoms with Crippen molar-refractivity contribution in [1.82, 2.24) is 0 Å². The second kappa shape index (κ2) is 4.16. The van der Waals surface area contributed by atoms with Crippen LogP contribution in [0.15, 0.2) is 36.4 Å². The molecule has 0 saturated heterocycles. The number of Topliss-reactive ketones (excluding diaryl/α,β-unsaturated/α-hetero) is 1. The van der Waals surface area contributed by atoms with Crippen LogP contribution in [0.25, 0.3) is 10.8 Å². The minimum absolute atomic E-state index is 0.158. The number of carbonyl (C=O) groups excluding carboxylic acids is 1. The molecule has 1 saturated carbocycles. The number of nitrogens with zero attached hydrogens (tertiary/aromatic N) is 1. The monoisotopic (exact) mass is 277 g/mol. The number of rotatable bonds is 0. The Kier molecular flexibility index (Phi) is 2.49. The van der Waals surface area contributed by atoms with Crippen LogP contribution in [0.4, 0.5) is 0 Å². The fraction of sp³-hybridized carbons (Fsp3) is 0.333. The first-order valence-electron chi connectivity index (χ1n) is 7.32. The predicted octanol–water partition coefficient (Wildman–Crippen LogP) is 3.02. The highest BCUT2D eigenvalue weighted by Crippen LogP contribution is 2.52. The Labute approximate surface area is 122 Å². The van der Waals surface area contributed by atoms with Crippen LogP contribution in [-0.4, -0.2) is 10.9 Å². The number of aliphatic hydroxyl groups is 1. The average Bonchev–Trinajstić information content (AvgIpc) is 2.88. The zero-order valence-electron chi connectivity index (χ0n) is 11.5. The molecule has 0 amide bonds. The topological polar surface area (TPSA) is 61.1 Å². The standard InChI is InChI=1S/C18H15NO2/c19-10-18(21)9-15-13(7-8-16(15)20)14-6-5-11-3-1-2-4-12(11)17(14)18/h1-6,13,15,21H,7-9H2. The Hall–Kier alpha value is -2.18. The second-order valence-corrected chi connectivity index (χ2v) is 6.15. The van der Waals surface area contributed by atoms with E-state index >= 15 is 0 Å². The molecular formula is C18H15NO2. The van der Waals surface area contributed by atoms with E-state index in [1.54, 1.807) is 0 Å². The van der Waals surface area contributed by atoms with E-state index in [9.17, 15) is 15.2 Å². The van der Waals surface area contributed by atoms with Crippen LogP contribution in [0.1, 0.15) is 36.3 Å². The third kappa shape index (κ3) is 1.60. The number of ketones is 1. The van der Waals surface area contributed by atoms with Gasteiger partial charge in [0.1, 0.15) is 11.9 Å². The minimum atomic E-state index is -1.56. The summed E-state index contributed by atoms with van der Waals surface area (Å²) in [6, 6.07) is 13.9. The lowest BCUT2D eigenvalue weighted by molar-refractivity contribution is -0.122. The molecule has 3 unspecified atom stereocenters. The van der Waals surface area contributed by atoms with Gasteiger partial charge in [-0.1, -0.05) is 36.4 Å². The average molecular weight is 277 g/mol. The molecule has 0 heterocycles. The normalized spacial score (nSPS) is 30.8. The van der Waals surface area contributed by atoms with Gasteiger partial charge in [0.2, 0.25) is 0 Å².